The minimum absolute atomic E-state index is 0.0711. The average molecular weight is 614 g/mol. The predicted molar refractivity (Wildman–Crippen MR) is 166 cm³/mol. The number of fused-ring (bicyclic) bond motifs is 1. The Morgan fingerprint density at radius 3 is 2.47 bits per heavy atom. The van der Waals surface area contributed by atoms with Crippen molar-refractivity contribution in [2.75, 3.05) is 5.32 Å². The molecule has 2 amide bonds. The number of aromatic amines is 1. The maximum absolute atomic E-state index is 15.1. The molecule has 3 heterocycles. The zero-order valence-corrected chi connectivity index (χ0v) is 25.3. The summed E-state index contributed by atoms with van der Waals surface area (Å²) in [6.07, 6.45) is 6.78. The number of H-pyrrole nitrogens is 1. The molecule has 2 aromatic carbocycles. The van der Waals surface area contributed by atoms with Crippen molar-refractivity contribution in [1.29, 1.82) is 0 Å². The van der Waals surface area contributed by atoms with Crippen LogP contribution in [0.15, 0.2) is 59.3 Å². The van der Waals surface area contributed by atoms with E-state index in [1.54, 1.807) is 48.7 Å². The van der Waals surface area contributed by atoms with Crippen LogP contribution in [0.4, 0.5) is 10.1 Å². The Labute approximate surface area is 258 Å². The monoisotopic (exact) mass is 613 g/mol. The van der Waals surface area contributed by atoms with Gasteiger partial charge in [0.2, 0.25) is 0 Å². The SMILES string of the molecule is C#CC(=O)Nc1ccccc1-c1nc2nccc(-c3ccc(CNC(=O)c4nc(C(C)(C)C)no4)c(F)c3)c2[nH]1.CC.O=CO. The number of hydrogen-bond donors (Lipinski definition) is 4. The summed E-state index contributed by atoms with van der Waals surface area (Å²) in [6, 6.07) is 13.5. The summed E-state index contributed by atoms with van der Waals surface area (Å²) < 4.78 is 20.2. The molecule has 3 aromatic heterocycles. The number of hydrogen-bond acceptors (Lipinski definition) is 8. The van der Waals surface area contributed by atoms with E-state index < -0.39 is 17.6 Å². The normalized spacial score (nSPS) is 10.4. The number of benzene rings is 2. The maximum atomic E-state index is 15.1. The fourth-order valence-corrected chi connectivity index (χ4v) is 3.97. The lowest BCUT2D eigenvalue weighted by Gasteiger charge is -2.10. The highest BCUT2D eigenvalue weighted by atomic mass is 19.1. The average Bonchev–Trinajstić information content (AvgIpc) is 3.70. The molecule has 12 nitrogen and oxygen atoms in total. The third kappa shape index (κ3) is 8.14. The molecule has 0 spiro atoms. The largest absolute Gasteiger partial charge is 0.483 e. The molecule has 5 aromatic rings. The van der Waals surface area contributed by atoms with Gasteiger partial charge in [-0.1, -0.05) is 64.0 Å². The number of pyridine rings is 1. The summed E-state index contributed by atoms with van der Waals surface area (Å²) in [6.45, 7) is 9.38. The number of carboxylic acid groups (broad SMARTS) is 1. The number of carbonyl (C=O) groups excluding carboxylic acids is 2. The minimum Gasteiger partial charge on any atom is -0.483 e. The quantitative estimate of drug-likeness (QED) is 0.145. The number of rotatable bonds is 6. The van der Waals surface area contributed by atoms with Gasteiger partial charge >= 0.3 is 11.8 Å². The zero-order chi connectivity index (χ0) is 33.1. The van der Waals surface area contributed by atoms with E-state index >= 15 is 4.39 Å². The van der Waals surface area contributed by atoms with Gasteiger partial charge in [-0.3, -0.25) is 14.4 Å². The molecule has 0 aliphatic carbocycles. The van der Waals surface area contributed by atoms with Crippen molar-refractivity contribution < 1.29 is 28.4 Å². The van der Waals surface area contributed by atoms with Gasteiger partial charge in [0.15, 0.2) is 11.5 Å². The predicted octanol–water partition coefficient (Wildman–Crippen LogP) is 5.34. The zero-order valence-electron chi connectivity index (χ0n) is 25.3. The van der Waals surface area contributed by atoms with Gasteiger partial charge in [0.25, 0.3) is 12.4 Å². The van der Waals surface area contributed by atoms with Crippen LogP contribution in [0.5, 0.6) is 0 Å². The Balaban J connectivity index is 0.00000104. The van der Waals surface area contributed by atoms with Gasteiger partial charge in [-0.05, 0) is 35.7 Å². The Kier molecular flexibility index (Phi) is 11.2. The molecule has 0 aliphatic heterocycles. The van der Waals surface area contributed by atoms with E-state index in [-0.39, 0.29) is 29.9 Å². The van der Waals surface area contributed by atoms with Crippen molar-refractivity contribution in [2.24, 2.45) is 0 Å². The number of nitrogens with one attached hydrogen (secondary N) is 3. The second-order valence-electron chi connectivity index (χ2n) is 10.1. The molecular formula is C32H32FN7O5. The Hall–Kier alpha value is -5.90. The van der Waals surface area contributed by atoms with Crippen molar-refractivity contribution in [3.8, 4) is 34.9 Å². The van der Waals surface area contributed by atoms with Gasteiger partial charge in [0.1, 0.15) is 11.6 Å². The van der Waals surface area contributed by atoms with Crippen molar-refractivity contribution in [2.45, 2.75) is 46.6 Å². The summed E-state index contributed by atoms with van der Waals surface area (Å²) in [5, 5.41) is 16.0. The molecule has 5 rings (SSSR count). The molecule has 0 aliphatic rings. The fourth-order valence-electron chi connectivity index (χ4n) is 3.97. The van der Waals surface area contributed by atoms with Gasteiger partial charge < -0.3 is 25.2 Å². The van der Waals surface area contributed by atoms with E-state index in [0.29, 0.717) is 45.2 Å². The molecule has 0 unspecified atom stereocenters. The molecule has 0 saturated heterocycles. The van der Waals surface area contributed by atoms with Gasteiger partial charge in [-0.25, -0.2) is 14.4 Å². The molecule has 232 valence electrons. The second kappa shape index (κ2) is 15.0. The van der Waals surface area contributed by atoms with Gasteiger partial charge in [-0.2, -0.15) is 4.98 Å². The molecule has 0 saturated carbocycles. The summed E-state index contributed by atoms with van der Waals surface area (Å²) in [4.78, 5) is 48.8. The number of terminal acetylenes is 1. The number of anilines is 1. The van der Waals surface area contributed by atoms with Crippen molar-refractivity contribution >= 4 is 35.1 Å². The highest BCUT2D eigenvalue weighted by Crippen LogP contribution is 2.32. The first-order chi connectivity index (χ1) is 21.5. The topological polar surface area (TPSA) is 176 Å². The Morgan fingerprint density at radius 2 is 1.82 bits per heavy atom. The van der Waals surface area contributed by atoms with Crippen LogP contribution < -0.4 is 10.6 Å². The van der Waals surface area contributed by atoms with E-state index in [9.17, 15) is 9.59 Å². The van der Waals surface area contributed by atoms with Crippen molar-refractivity contribution in [3.63, 3.8) is 0 Å². The molecular weight excluding hydrogens is 581 g/mol. The second-order valence-corrected chi connectivity index (χ2v) is 10.1. The molecule has 0 radical (unpaired) electrons. The van der Waals surface area contributed by atoms with E-state index in [1.165, 1.54) is 6.07 Å². The lowest BCUT2D eigenvalue weighted by Crippen LogP contribution is -2.24. The van der Waals surface area contributed by atoms with Crippen LogP contribution in [0.25, 0.3) is 33.7 Å². The Morgan fingerprint density at radius 1 is 1.11 bits per heavy atom. The molecule has 45 heavy (non-hydrogen) atoms. The van der Waals surface area contributed by atoms with Crippen molar-refractivity contribution in [1.82, 2.24) is 30.4 Å². The molecule has 4 N–H and O–H groups in total. The smallest absolute Gasteiger partial charge is 0.315 e. The maximum Gasteiger partial charge on any atom is 0.315 e. The van der Waals surface area contributed by atoms with E-state index in [4.69, 9.17) is 20.8 Å². The number of carbonyl (C=O) groups is 3. The number of aromatic nitrogens is 5. The lowest BCUT2D eigenvalue weighted by atomic mass is 9.96. The molecule has 0 bridgehead atoms. The third-order valence-corrected chi connectivity index (χ3v) is 6.05. The van der Waals surface area contributed by atoms with Crippen LogP contribution in [0.1, 0.15) is 56.7 Å². The number of imidazole rings is 1. The van der Waals surface area contributed by atoms with Crippen LogP contribution in [-0.2, 0) is 21.5 Å². The van der Waals surface area contributed by atoms with E-state index in [1.807, 2.05) is 40.5 Å². The van der Waals surface area contributed by atoms with Gasteiger partial charge in [-0.15, -0.1) is 6.42 Å². The molecule has 13 heteroatoms. The Bertz CT molecular complexity index is 1850. The summed E-state index contributed by atoms with van der Waals surface area (Å²) in [5.74, 6) is 1.02. The number of halogens is 1. The summed E-state index contributed by atoms with van der Waals surface area (Å²) in [7, 11) is 0. The van der Waals surface area contributed by atoms with Gasteiger partial charge in [0.05, 0.1) is 11.2 Å². The molecule has 0 fully saturated rings. The van der Waals surface area contributed by atoms with Crippen molar-refractivity contribution in [3.05, 3.63) is 77.8 Å². The first-order valence-corrected chi connectivity index (χ1v) is 13.8. The van der Waals surface area contributed by atoms with Gasteiger partial charge in [0, 0.05) is 34.8 Å². The van der Waals surface area contributed by atoms with Crippen LogP contribution in [0, 0.1) is 18.2 Å². The summed E-state index contributed by atoms with van der Waals surface area (Å²) in [5.41, 5.74) is 3.25. The lowest BCUT2D eigenvalue weighted by molar-refractivity contribution is -0.122. The minimum atomic E-state index is -0.592. The van der Waals surface area contributed by atoms with Crippen LogP contribution >= 0.6 is 0 Å². The number of amides is 2. The number of para-hydroxylation sites is 1. The highest BCUT2D eigenvalue weighted by Gasteiger charge is 2.24. The van der Waals surface area contributed by atoms with E-state index in [2.05, 4.69) is 35.7 Å². The number of nitrogens with zero attached hydrogens (tertiary/aromatic N) is 4. The van der Waals surface area contributed by atoms with Crippen LogP contribution in [-0.4, -0.2) is 48.5 Å². The fraction of sp³-hybridized carbons (Fsp3) is 0.219. The molecule has 0 atom stereocenters. The van der Waals surface area contributed by atoms with E-state index in [0.717, 1.165) is 0 Å². The van der Waals surface area contributed by atoms with Crippen LogP contribution in [0.3, 0.4) is 0 Å². The third-order valence-electron chi connectivity index (χ3n) is 6.05. The first-order valence-electron chi connectivity index (χ1n) is 13.8. The standard InChI is InChI=1S/C29H24FN7O3.C2H6.CH2O2/c1-5-22(38)33-21-9-7-6-8-19(21)24-34-23-18(12-13-31-25(23)35-24)16-10-11-17(20(30)14-16)15-32-26(39)27-36-28(37-40-27)29(2,3)4;1-2;2-1-3/h1,6-14H,15H2,2-4H3,(H,32,39)(H,33,38)(H,31,34,35);1-2H3;1H,(H,2,3). The first kappa shape index (κ1) is 33.6. The summed E-state index contributed by atoms with van der Waals surface area (Å²) >= 11 is 0. The highest BCUT2D eigenvalue weighted by molar-refractivity contribution is 6.05. The van der Waals surface area contributed by atoms with Crippen LogP contribution in [0.2, 0.25) is 0 Å².